The van der Waals surface area contributed by atoms with Crippen LogP contribution in [-0.2, 0) is 6.42 Å². The van der Waals surface area contributed by atoms with Gasteiger partial charge in [-0.25, -0.2) is 15.0 Å². The molecule has 4 aromatic rings. The zero-order valence-electron chi connectivity index (χ0n) is 14.9. The van der Waals surface area contributed by atoms with E-state index in [1.807, 2.05) is 29.6 Å². The fourth-order valence-corrected chi connectivity index (χ4v) is 3.82. The summed E-state index contributed by atoms with van der Waals surface area (Å²) >= 11 is 7.71. The number of nitro groups is 1. The van der Waals surface area contributed by atoms with Crippen molar-refractivity contribution in [2.75, 3.05) is 11.9 Å². The van der Waals surface area contributed by atoms with Crippen LogP contribution in [0, 0.1) is 10.1 Å². The number of ether oxygens (including phenoxy) is 1. The van der Waals surface area contributed by atoms with Gasteiger partial charge in [-0.05, 0) is 24.1 Å². The second kappa shape index (κ2) is 8.38. The van der Waals surface area contributed by atoms with E-state index in [2.05, 4.69) is 20.3 Å². The number of halogens is 1. The van der Waals surface area contributed by atoms with Crippen LogP contribution in [0.25, 0.3) is 10.2 Å². The topological polar surface area (TPSA) is 103 Å². The summed E-state index contributed by atoms with van der Waals surface area (Å²) in [4.78, 5) is 23.4. The number of aromatic nitrogens is 3. The molecule has 0 atom stereocenters. The molecule has 0 bridgehead atoms. The normalized spacial score (nSPS) is 10.8. The summed E-state index contributed by atoms with van der Waals surface area (Å²) in [5, 5.41) is 17.3. The summed E-state index contributed by atoms with van der Waals surface area (Å²) in [6.45, 7) is 0.683. The average Bonchev–Trinajstić information content (AvgIpc) is 3.11. The van der Waals surface area contributed by atoms with Crippen LogP contribution in [0.1, 0.15) is 5.56 Å². The Morgan fingerprint density at radius 3 is 2.69 bits per heavy atom. The van der Waals surface area contributed by atoms with Crippen molar-refractivity contribution in [1.29, 1.82) is 0 Å². The fraction of sp³-hybridized carbons (Fsp3) is 0.105. The Labute approximate surface area is 174 Å². The number of nitrogens with zero attached hydrogens (tertiary/aromatic N) is 4. The summed E-state index contributed by atoms with van der Waals surface area (Å²) in [7, 11) is 0. The number of thiophene rings is 1. The molecule has 8 nitrogen and oxygen atoms in total. The van der Waals surface area contributed by atoms with Gasteiger partial charge in [-0.2, -0.15) is 0 Å². The number of pyridine rings is 1. The third-order valence-electron chi connectivity index (χ3n) is 4.11. The van der Waals surface area contributed by atoms with Crippen molar-refractivity contribution in [2.24, 2.45) is 0 Å². The van der Waals surface area contributed by atoms with Gasteiger partial charge in [-0.15, -0.1) is 11.3 Å². The Hall–Kier alpha value is -3.30. The molecule has 0 aliphatic carbocycles. The van der Waals surface area contributed by atoms with E-state index in [9.17, 15) is 10.1 Å². The number of benzene rings is 1. The van der Waals surface area contributed by atoms with Gasteiger partial charge < -0.3 is 10.1 Å². The summed E-state index contributed by atoms with van der Waals surface area (Å²) in [6.07, 6.45) is 3.47. The third kappa shape index (κ3) is 4.41. The van der Waals surface area contributed by atoms with E-state index in [1.165, 1.54) is 36.0 Å². The fourth-order valence-electron chi connectivity index (χ4n) is 2.69. The second-order valence-corrected chi connectivity index (χ2v) is 7.29. The lowest BCUT2D eigenvalue weighted by molar-refractivity contribution is -0.385. The molecule has 0 saturated carbocycles. The van der Waals surface area contributed by atoms with Gasteiger partial charge in [-0.1, -0.05) is 23.7 Å². The van der Waals surface area contributed by atoms with Gasteiger partial charge in [0.15, 0.2) is 0 Å². The third-order valence-corrected chi connectivity index (χ3v) is 5.42. The van der Waals surface area contributed by atoms with E-state index < -0.39 is 4.92 Å². The maximum atomic E-state index is 10.7. The van der Waals surface area contributed by atoms with E-state index in [0.29, 0.717) is 23.2 Å². The minimum Gasteiger partial charge on any atom is -0.439 e. The molecule has 10 heteroatoms. The van der Waals surface area contributed by atoms with Crippen molar-refractivity contribution >= 4 is 44.7 Å². The molecule has 0 unspecified atom stereocenters. The first-order valence-corrected chi connectivity index (χ1v) is 9.85. The van der Waals surface area contributed by atoms with Gasteiger partial charge in [-0.3, -0.25) is 10.1 Å². The average molecular weight is 428 g/mol. The number of hydrogen-bond donors (Lipinski definition) is 1. The first-order valence-electron chi connectivity index (χ1n) is 8.59. The molecule has 3 aromatic heterocycles. The van der Waals surface area contributed by atoms with E-state index in [0.717, 1.165) is 28.0 Å². The van der Waals surface area contributed by atoms with E-state index in [1.54, 1.807) is 0 Å². The van der Waals surface area contributed by atoms with Gasteiger partial charge in [0.25, 0.3) is 5.69 Å². The van der Waals surface area contributed by atoms with E-state index in [-0.39, 0.29) is 5.69 Å². The first kappa shape index (κ1) is 19.0. The zero-order chi connectivity index (χ0) is 20.2. The molecule has 0 saturated heterocycles. The summed E-state index contributed by atoms with van der Waals surface area (Å²) < 4.78 is 5.61. The predicted molar refractivity (Wildman–Crippen MR) is 112 cm³/mol. The molecule has 1 aromatic carbocycles. The molecule has 0 fully saturated rings. The van der Waals surface area contributed by atoms with Crippen molar-refractivity contribution < 1.29 is 9.66 Å². The van der Waals surface area contributed by atoms with Crippen LogP contribution < -0.4 is 10.1 Å². The van der Waals surface area contributed by atoms with Crippen LogP contribution in [0.3, 0.4) is 0 Å². The van der Waals surface area contributed by atoms with Crippen LogP contribution in [-0.4, -0.2) is 26.4 Å². The lowest BCUT2D eigenvalue weighted by Gasteiger charge is -2.08. The van der Waals surface area contributed by atoms with Crippen molar-refractivity contribution in [3.8, 4) is 11.6 Å². The minimum atomic E-state index is -0.502. The molecule has 0 radical (unpaired) electrons. The van der Waals surface area contributed by atoms with Gasteiger partial charge in [0.2, 0.25) is 5.88 Å². The summed E-state index contributed by atoms with van der Waals surface area (Å²) in [5.74, 6) is 1.63. The lowest BCUT2D eigenvalue weighted by atomic mass is 10.1. The lowest BCUT2D eigenvalue weighted by Crippen LogP contribution is -2.06. The monoisotopic (exact) mass is 427 g/mol. The molecular formula is C19H14ClN5O3S. The number of rotatable bonds is 7. The standard InChI is InChI=1S/C19H14ClN5O3S/c20-15-10-29-19-17(15)18(23-11-24-19)21-8-7-12-1-4-14(5-2-12)28-16-6-3-13(9-22-16)25(26)27/h1-6,9-11H,7-8H2,(H,21,23,24). The molecular weight excluding hydrogens is 414 g/mol. The number of nitrogens with one attached hydrogen (secondary N) is 1. The second-order valence-electron chi connectivity index (χ2n) is 6.02. The van der Waals surface area contributed by atoms with Crippen LogP contribution in [0.15, 0.2) is 54.3 Å². The van der Waals surface area contributed by atoms with Crippen LogP contribution in [0.4, 0.5) is 11.5 Å². The Balaban J connectivity index is 1.34. The molecule has 146 valence electrons. The largest absolute Gasteiger partial charge is 0.439 e. The van der Waals surface area contributed by atoms with Gasteiger partial charge >= 0.3 is 0 Å². The minimum absolute atomic E-state index is 0.0788. The molecule has 3 heterocycles. The molecule has 0 aliphatic heterocycles. The highest BCUT2D eigenvalue weighted by Crippen LogP contribution is 2.32. The molecule has 0 spiro atoms. The molecule has 0 aliphatic rings. The highest BCUT2D eigenvalue weighted by atomic mass is 35.5. The Morgan fingerprint density at radius 2 is 1.97 bits per heavy atom. The molecule has 1 N–H and O–H groups in total. The predicted octanol–water partition coefficient (Wildman–Crippen LogP) is 5.09. The van der Waals surface area contributed by atoms with Crippen LogP contribution in [0.2, 0.25) is 5.02 Å². The summed E-state index contributed by atoms with van der Waals surface area (Å²) in [6, 6.07) is 10.4. The van der Waals surface area contributed by atoms with Gasteiger partial charge in [0, 0.05) is 24.1 Å². The molecule has 29 heavy (non-hydrogen) atoms. The van der Waals surface area contributed by atoms with Crippen molar-refractivity contribution in [2.45, 2.75) is 6.42 Å². The number of anilines is 1. The quantitative estimate of drug-likeness (QED) is 0.323. The van der Waals surface area contributed by atoms with Crippen molar-refractivity contribution in [3.63, 3.8) is 0 Å². The Kier molecular flexibility index (Phi) is 5.50. The smallest absolute Gasteiger partial charge is 0.287 e. The number of hydrogen-bond acceptors (Lipinski definition) is 8. The van der Waals surface area contributed by atoms with Crippen molar-refractivity contribution in [3.05, 3.63) is 75.0 Å². The van der Waals surface area contributed by atoms with Crippen LogP contribution >= 0.6 is 22.9 Å². The maximum Gasteiger partial charge on any atom is 0.287 e. The van der Waals surface area contributed by atoms with Crippen LogP contribution in [0.5, 0.6) is 11.6 Å². The van der Waals surface area contributed by atoms with Crippen molar-refractivity contribution in [1.82, 2.24) is 15.0 Å². The molecule has 0 amide bonds. The highest BCUT2D eigenvalue weighted by molar-refractivity contribution is 7.17. The molecule has 4 rings (SSSR count). The first-order chi connectivity index (χ1) is 14.1. The Morgan fingerprint density at radius 1 is 1.14 bits per heavy atom. The SMILES string of the molecule is O=[N+]([O-])c1ccc(Oc2ccc(CCNc3ncnc4scc(Cl)c34)cc2)nc1. The van der Waals surface area contributed by atoms with Gasteiger partial charge in [0.1, 0.15) is 28.9 Å². The maximum absolute atomic E-state index is 10.7. The number of fused-ring (bicyclic) bond motifs is 1. The summed E-state index contributed by atoms with van der Waals surface area (Å²) in [5.41, 5.74) is 1.04. The van der Waals surface area contributed by atoms with E-state index >= 15 is 0 Å². The van der Waals surface area contributed by atoms with E-state index in [4.69, 9.17) is 16.3 Å². The highest BCUT2D eigenvalue weighted by Gasteiger charge is 2.10. The zero-order valence-corrected chi connectivity index (χ0v) is 16.5. The Bertz CT molecular complexity index is 1150. The van der Waals surface area contributed by atoms with Gasteiger partial charge in [0.05, 0.1) is 15.3 Å².